The smallest absolute Gasteiger partial charge is 0.305 e. The first kappa shape index (κ1) is 73.6. The summed E-state index contributed by atoms with van der Waals surface area (Å²) in [6, 6.07) is -0.540. The van der Waals surface area contributed by atoms with E-state index >= 15 is 0 Å². The number of aliphatic hydroxyl groups excluding tert-OH is 2. The fourth-order valence-electron chi connectivity index (χ4n) is 11.1. The molecule has 0 heterocycles. The van der Waals surface area contributed by atoms with Crippen LogP contribution in [0.15, 0.2) is 12.2 Å². The fourth-order valence-corrected chi connectivity index (χ4v) is 11.1. The number of unbranched alkanes of at least 4 members (excludes halogenated alkanes) is 52. The zero-order valence-corrected chi connectivity index (χ0v) is 51.1. The predicted molar refractivity (Wildman–Crippen MR) is 329 cm³/mol. The minimum Gasteiger partial charge on any atom is -0.466 e. The topological polar surface area (TPSA) is 95.9 Å². The van der Waals surface area contributed by atoms with Crippen LogP contribution in [0.25, 0.3) is 0 Å². The van der Waals surface area contributed by atoms with Gasteiger partial charge in [-0.1, -0.05) is 341 Å². The van der Waals surface area contributed by atoms with Crippen molar-refractivity contribution in [3.8, 4) is 0 Å². The van der Waals surface area contributed by atoms with Crippen molar-refractivity contribution >= 4 is 11.9 Å². The second-order valence-corrected chi connectivity index (χ2v) is 23.9. The van der Waals surface area contributed by atoms with E-state index in [1.54, 1.807) is 0 Å². The molecule has 0 fully saturated rings. The number of aliphatic hydroxyl groups is 2. The Bertz CT molecular complexity index is 1130. The van der Waals surface area contributed by atoms with Crippen molar-refractivity contribution in [3.05, 3.63) is 12.2 Å². The lowest BCUT2D eigenvalue weighted by molar-refractivity contribution is -0.143. The number of nitrogens with one attached hydrogen (secondary N) is 1. The first-order chi connectivity index (χ1) is 37.0. The quantitative estimate of drug-likeness (QED) is 0.0320. The van der Waals surface area contributed by atoms with Gasteiger partial charge in [-0.3, -0.25) is 9.59 Å². The summed E-state index contributed by atoms with van der Waals surface area (Å²) in [6.45, 7) is 4.98. The van der Waals surface area contributed by atoms with Crippen LogP contribution in [0.3, 0.4) is 0 Å². The normalized spacial score (nSPS) is 12.5. The zero-order chi connectivity index (χ0) is 54.3. The minimum absolute atomic E-state index is 0.0208. The number of amides is 1. The molecule has 0 aliphatic rings. The Morgan fingerprint density at radius 1 is 0.360 bits per heavy atom. The highest BCUT2D eigenvalue weighted by Crippen LogP contribution is 2.19. The first-order valence-electron chi connectivity index (χ1n) is 34.4. The molecule has 446 valence electrons. The number of carbonyl (C=O) groups is 2. The van der Waals surface area contributed by atoms with Crippen molar-refractivity contribution in [2.45, 2.75) is 405 Å². The van der Waals surface area contributed by atoms with Gasteiger partial charge < -0.3 is 20.3 Å². The molecule has 0 radical (unpaired) electrons. The van der Waals surface area contributed by atoms with Gasteiger partial charge in [-0.15, -0.1) is 0 Å². The Hall–Kier alpha value is -1.40. The Labute approximate surface area is 469 Å². The van der Waals surface area contributed by atoms with Gasteiger partial charge in [0, 0.05) is 12.8 Å². The third kappa shape index (κ3) is 61.7. The molecule has 2 unspecified atom stereocenters. The molecule has 0 rings (SSSR count). The summed E-state index contributed by atoms with van der Waals surface area (Å²) in [5.74, 6) is -0.0134. The van der Waals surface area contributed by atoms with E-state index in [1.165, 1.54) is 321 Å². The van der Waals surface area contributed by atoms with Crippen molar-refractivity contribution in [2.24, 2.45) is 0 Å². The molecule has 0 aliphatic carbocycles. The lowest BCUT2D eigenvalue weighted by Crippen LogP contribution is -2.45. The van der Waals surface area contributed by atoms with Crippen LogP contribution < -0.4 is 5.32 Å². The summed E-state index contributed by atoms with van der Waals surface area (Å²) in [4.78, 5) is 24.6. The van der Waals surface area contributed by atoms with Crippen LogP contribution >= 0.6 is 0 Å². The van der Waals surface area contributed by atoms with Crippen molar-refractivity contribution < 1.29 is 24.5 Å². The highest BCUT2D eigenvalue weighted by Gasteiger charge is 2.20. The van der Waals surface area contributed by atoms with Crippen molar-refractivity contribution in [1.29, 1.82) is 0 Å². The van der Waals surface area contributed by atoms with Crippen LogP contribution in [0.4, 0.5) is 0 Å². The summed E-state index contributed by atoms with van der Waals surface area (Å²) < 4.78 is 5.51. The van der Waals surface area contributed by atoms with E-state index in [-0.39, 0.29) is 18.5 Å². The second kappa shape index (κ2) is 65.1. The van der Waals surface area contributed by atoms with Crippen LogP contribution in [-0.4, -0.2) is 47.4 Å². The van der Waals surface area contributed by atoms with Gasteiger partial charge in [0.25, 0.3) is 0 Å². The maximum Gasteiger partial charge on any atom is 0.305 e. The molecule has 0 aromatic rings. The van der Waals surface area contributed by atoms with Gasteiger partial charge in [-0.25, -0.2) is 0 Å². The fraction of sp³-hybridized carbons (Fsp3) is 0.942. The SMILES string of the molecule is CCCCCCCCCCCCCCCCCCCCCC(=O)OCCCCCCCCCCCCCC/C=C\CCCCCCCCCCCCCC(=O)NC(CO)C(O)CCCCCCCCCCCCCC. The Kier molecular flexibility index (Phi) is 63.9. The molecule has 0 saturated heterocycles. The van der Waals surface area contributed by atoms with E-state index in [9.17, 15) is 19.8 Å². The van der Waals surface area contributed by atoms with E-state index in [1.807, 2.05) is 0 Å². The number of ether oxygens (including phenoxy) is 1. The molecular formula is C69H135NO5. The molecule has 75 heavy (non-hydrogen) atoms. The number of hydrogen-bond donors (Lipinski definition) is 3. The van der Waals surface area contributed by atoms with E-state index in [4.69, 9.17) is 4.74 Å². The Balaban J connectivity index is 3.34. The summed E-state index contributed by atoms with van der Waals surface area (Å²) in [5.41, 5.74) is 0. The second-order valence-electron chi connectivity index (χ2n) is 23.9. The Morgan fingerprint density at radius 2 is 0.627 bits per heavy atom. The average molecular weight is 1060 g/mol. The summed E-state index contributed by atoms with van der Waals surface area (Å²) in [5, 5.41) is 23.2. The van der Waals surface area contributed by atoms with Gasteiger partial charge in [0.15, 0.2) is 0 Å². The summed E-state index contributed by atoms with van der Waals surface area (Å²) in [7, 11) is 0. The van der Waals surface area contributed by atoms with E-state index in [0.717, 1.165) is 38.5 Å². The largest absolute Gasteiger partial charge is 0.466 e. The van der Waals surface area contributed by atoms with Crippen molar-refractivity contribution in [1.82, 2.24) is 5.32 Å². The third-order valence-electron chi connectivity index (χ3n) is 16.3. The van der Waals surface area contributed by atoms with Gasteiger partial charge in [0.05, 0.1) is 25.4 Å². The molecule has 0 aliphatic heterocycles. The summed E-state index contributed by atoms with van der Waals surface area (Å²) in [6.07, 6.45) is 79.7. The Morgan fingerprint density at radius 3 is 0.947 bits per heavy atom. The van der Waals surface area contributed by atoms with Crippen molar-refractivity contribution in [3.63, 3.8) is 0 Å². The maximum absolute atomic E-state index is 12.5. The van der Waals surface area contributed by atoms with E-state index in [2.05, 4.69) is 31.3 Å². The van der Waals surface area contributed by atoms with E-state index < -0.39 is 12.1 Å². The number of carbonyl (C=O) groups excluding carboxylic acids is 2. The van der Waals surface area contributed by atoms with Crippen LogP contribution in [-0.2, 0) is 14.3 Å². The molecule has 1 amide bonds. The minimum atomic E-state index is -0.663. The monoisotopic (exact) mass is 1060 g/mol. The summed E-state index contributed by atoms with van der Waals surface area (Å²) >= 11 is 0. The van der Waals surface area contributed by atoms with Crippen molar-refractivity contribution in [2.75, 3.05) is 13.2 Å². The highest BCUT2D eigenvalue weighted by atomic mass is 16.5. The molecule has 0 aromatic heterocycles. The molecule has 6 heteroatoms. The van der Waals surface area contributed by atoms with Crippen LogP contribution in [0.5, 0.6) is 0 Å². The molecule has 0 spiro atoms. The third-order valence-corrected chi connectivity index (χ3v) is 16.3. The molecule has 3 N–H and O–H groups in total. The number of hydrogen-bond acceptors (Lipinski definition) is 5. The maximum atomic E-state index is 12.5. The van der Waals surface area contributed by atoms with Gasteiger partial charge in [0.1, 0.15) is 0 Å². The van der Waals surface area contributed by atoms with Gasteiger partial charge >= 0.3 is 5.97 Å². The molecule has 0 saturated carbocycles. The zero-order valence-electron chi connectivity index (χ0n) is 51.1. The van der Waals surface area contributed by atoms with Gasteiger partial charge in [-0.2, -0.15) is 0 Å². The molecule has 0 aromatic carbocycles. The van der Waals surface area contributed by atoms with Crippen LogP contribution in [0, 0.1) is 0 Å². The average Bonchev–Trinajstić information content (AvgIpc) is 3.41. The lowest BCUT2D eigenvalue weighted by Gasteiger charge is -2.22. The van der Waals surface area contributed by atoms with Crippen LogP contribution in [0.2, 0.25) is 0 Å². The molecule has 6 nitrogen and oxygen atoms in total. The first-order valence-corrected chi connectivity index (χ1v) is 34.4. The number of allylic oxidation sites excluding steroid dienone is 2. The predicted octanol–water partition coefficient (Wildman–Crippen LogP) is 22.0. The lowest BCUT2D eigenvalue weighted by atomic mass is 10.0. The van der Waals surface area contributed by atoms with Crippen LogP contribution in [0.1, 0.15) is 393 Å². The van der Waals surface area contributed by atoms with Gasteiger partial charge in [-0.05, 0) is 51.4 Å². The molecule has 0 bridgehead atoms. The highest BCUT2D eigenvalue weighted by molar-refractivity contribution is 5.76. The number of esters is 1. The molecular weight excluding hydrogens is 923 g/mol. The van der Waals surface area contributed by atoms with E-state index in [0.29, 0.717) is 25.9 Å². The van der Waals surface area contributed by atoms with Gasteiger partial charge in [0.2, 0.25) is 5.91 Å². The molecule has 2 atom stereocenters. The number of rotatable bonds is 65. The standard InChI is InChI=1S/C69H135NO5/c1-3-5-7-9-11-13-15-17-18-19-29-33-36-39-43-47-51-55-59-63-69(74)75-64-60-56-52-48-44-40-37-34-31-28-26-24-22-20-21-23-25-27-30-32-35-38-42-46-50-54-58-62-68(73)70-66(65-71)67(72)61-57-53-49-45-41-16-14-12-10-8-6-4-2/h20-21,66-67,71-72H,3-19,22-65H2,1-2H3,(H,70,73)/b21-20-.